The Morgan fingerprint density at radius 3 is 2.48 bits per heavy atom. The molecule has 2 amide bonds. The van der Waals surface area contributed by atoms with Crippen molar-refractivity contribution in [2.24, 2.45) is 0 Å². The molecule has 0 bridgehead atoms. The predicted molar refractivity (Wildman–Crippen MR) is 88.6 cm³/mol. The number of fused-ring (bicyclic) bond motifs is 1. The summed E-state index contributed by atoms with van der Waals surface area (Å²) in [4.78, 5) is 26.0. The highest BCUT2D eigenvalue weighted by molar-refractivity contribution is 6.02. The molecule has 0 unspecified atom stereocenters. The zero-order valence-electron chi connectivity index (χ0n) is 13.3. The minimum Gasteiger partial charge on any atom is -0.496 e. The molecule has 0 saturated heterocycles. The molecule has 0 aliphatic heterocycles. The number of hydrogen-bond donors (Lipinski definition) is 1. The van der Waals surface area contributed by atoms with Gasteiger partial charge in [0.2, 0.25) is 5.91 Å². The lowest BCUT2D eigenvalue weighted by Crippen LogP contribution is -2.39. The van der Waals surface area contributed by atoms with Gasteiger partial charge in [-0.2, -0.15) is 0 Å². The van der Waals surface area contributed by atoms with Crippen LogP contribution in [0.15, 0.2) is 36.4 Å². The predicted octanol–water partition coefficient (Wildman–Crippen LogP) is 2.20. The Balaban J connectivity index is 1.82. The molecule has 0 heterocycles. The third-order valence-corrected chi connectivity index (χ3v) is 3.97. The molecule has 1 aliphatic rings. The van der Waals surface area contributed by atoms with Crippen LogP contribution in [0.3, 0.4) is 0 Å². The number of carbonyl (C=O) groups is 2. The van der Waals surface area contributed by atoms with Gasteiger partial charge >= 0.3 is 0 Å². The van der Waals surface area contributed by atoms with Crippen LogP contribution in [0.4, 0.5) is 0 Å². The number of carbonyl (C=O) groups excluding carboxylic acids is 2. The molecule has 0 spiro atoms. The van der Waals surface area contributed by atoms with E-state index in [1.165, 1.54) is 4.90 Å². The zero-order valence-corrected chi connectivity index (χ0v) is 13.3. The molecule has 0 atom stereocenters. The second kappa shape index (κ2) is 6.28. The summed E-state index contributed by atoms with van der Waals surface area (Å²) in [6.45, 7) is 0.0469. The lowest BCUT2D eigenvalue weighted by Gasteiger charge is -2.19. The number of likely N-dealkylation sites (N-methyl/N-ethyl adjacent to an activating group) is 1. The molecule has 1 aliphatic carbocycles. The van der Waals surface area contributed by atoms with Crippen LogP contribution >= 0.6 is 0 Å². The Labute approximate surface area is 135 Å². The maximum absolute atomic E-state index is 12.7. The number of amides is 2. The first kappa shape index (κ1) is 15.3. The maximum atomic E-state index is 12.7. The average molecular weight is 312 g/mol. The average Bonchev–Trinajstić information content (AvgIpc) is 3.36. The topological polar surface area (TPSA) is 58.6 Å². The van der Waals surface area contributed by atoms with Gasteiger partial charge in [0, 0.05) is 13.1 Å². The Morgan fingerprint density at radius 1 is 1.22 bits per heavy atom. The fraction of sp³-hybridized carbons (Fsp3) is 0.333. The Hall–Kier alpha value is -2.56. The maximum Gasteiger partial charge on any atom is 0.257 e. The number of nitrogens with one attached hydrogen (secondary N) is 1. The molecule has 2 aromatic carbocycles. The van der Waals surface area contributed by atoms with E-state index in [1.54, 1.807) is 14.2 Å². The van der Waals surface area contributed by atoms with Crippen molar-refractivity contribution in [2.45, 2.75) is 18.9 Å². The molecule has 2 aromatic rings. The summed E-state index contributed by atoms with van der Waals surface area (Å²) in [5.41, 5.74) is 0.466. The lowest BCUT2D eigenvalue weighted by atomic mass is 10.0. The van der Waals surface area contributed by atoms with Crippen molar-refractivity contribution in [1.82, 2.24) is 10.2 Å². The van der Waals surface area contributed by atoms with Crippen LogP contribution in [-0.2, 0) is 4.79 Å². The van der Waals surface area contributed by atoms with E-state index >= 15 is 0 Å². The van der Waals surface area contributed by atoms with Gasteiger partial charge in [0.15, 0.2) is 0 Å². The molecule has 120 valence electrons. The van der Waals surface area contributed by atoms with E-state index < -0.39 is 0 Å². The van der Waals surface area contributed by atoms with Crippen LogP contribution in [-0.4, -0.2) is 43.5 Å². The first-order chi connectivity index (χ1) is 11.1. The minimum atomic E-state index is -0.224. The van der Waals surface area contributed by atoms with E-state index in [0.29, 0.717) is 17.4 Å². The second-order valence-electron chi connectivity index (χ2n) is 5.90. The van der Waals surface area contributed by atoms with Gasteiger partial charge in [0.25, 0.3) is 5.91 Å². The summed E-state index contributed by atoms with van der Waals surface area (Å²) in [5, 5.41) is 4.86. The van der Waals surface area contributed by atoms with Crippen molar-refractivity contribution in [3.8, 4) is 5.75 Å². The molecular formula is C18H20N2O3. The van der Waals surface area contributed by atoms with Gasteiger partial charge in [-0.25, -0.2) is 0 Å². The van der Waals surface area contributed by atoms with Gasteiger partial charge in [-0.05, 0) is 35.7 Å². The molecule has 0 radical (unpaired) electrons. The number of hydrogen-bond acceptors (Lipinski definition) is 3. The van der Waals surface area contributed by atoms with Crippen LogP contribution in [0.25, 0.3) is 10.8 Å². The largest absolute Gasteiger partial charge is 0.496 e. The smallest absolute Gasteiger partial charge is 0.257 e. The zero-order chi connectivity index (χ0) is 16.4. The van der Waals surface area contributed by atoms with Gasteiger partial charge in [0.05, 0.1) is 19.2 Å². The Bertz CT molecular complexity index is 753. The summed E-state index contributed by atoms with van der Waals surface area (Å²) < 4.78 is 5.36. The summed E-state index contributed by atoms with van der Waals surface area (Å²) in [5.74, 6) is 0.171. The molecule has 3 rings (SSSR count). The van der Waals surface area contributed by atoms with Crippen LogP contribution < -0.4 is 10.1 Å². The van der Waals surface area contributed by atoms with Gasteiger partial charge in [0.1, 0.15) is 5.75 Å². The molecule has 1 saturated carbocycles. The van der Waals surface area contributed by atoms with E-state index in [9.17, 15) is 9.59 Å². The Kier molecular flexibility index (Phi) is 4.19. The molecule has 1 N–H and O–H groups in total. The summed E-state index contributed by atoms with van der Waals surface area (Å²) in [7, 11) is 3.17. The number of benzene rings is 2. The number of methoxy groups -OCH3 is 1. The van der Waals surface area contributed by atoms with Crippen molar-refractivity contribution in [3.05, 3.63) is 42.0 Å². The van der Waals surface area contributed by atoms with Crippen molar-refractivity contribution >= 4 is 22.6 Å². The van der Waals surface area contributed by atoms with Gasteiger partial charge in [-0.3, -0.25) is 9.59 Å². The van der Waals surface area contributed by atoms with Crippen molar-refractivity contribution in [2.75, 3.05) is 20.7 Å². The van der Waals surface area contributed by atoms with Gasteiger partial charge < -0.3 is 15.0 Å². The van der Waals surface area contributed by atoms with Gasteiger partial charge in [-0.1, -0.05) is 24.3 Å². The van der Waals surface area contributed by atoms with Gasteiger partial charge in [-0.15, -0.1) is 0 Å². The van der Waals surface area contributed by atoms with E-state index in [2.05, 4.69) is 5.32 Å². The number of nitrogens with zero attached hydrogens (tertiary/aromatic N) is 1. The highest BCUT2D eigenvalue weighted by Gasteiger charge is 2.25. The fourth-order valence-corrected chi connectivity index (χ4v) is 2.55. The van der Waals surface area contributed by atoms with E-state index in [0.717, 1.165) is 23.6 Å². The summed E-state index contributed by atoms with van der Waals surface area (Å²) in [6, 6.07) is 11.7. The van der Waals surface area contributed by atoms with Crippen LogP contribution in [0, 0.1) is 0 Å². The third kappa shape index (κ3) is 3.44. The van der Waals surface area contributed by atoms with E-state index in [4.69, 9.17) is 4.74 Å². The Morgan fingerprint density at radius 2 is 1.87 bits per heavy atom. The van der Waals surface area contributed by atoms with Crippen LogP contribution in [0.2, 0.25) is 0 Å². The standard InChI is InChI=1S/C18H20N2O3/c1-20(11-17(21)19-14-7-8-14)18(22)15-9-12-5-3-4-6-13(12)10-16(15)23-2/h3-6,9-10,14H,7-8,11H2,1-2H3,(H,19,21). The number of ether oxygens (including phenoxy) is 1. The number of rotatable bonds is 5. The molecule has 5 nitrogen and oxygen atoms in total. The molecule has 23 heavy (non-hydrogen) atoms. The normalized spacial score (nSPS) is 13.7. The molecule has 1 fully saturated rings. The molecular weight excluding hydrogens is 292 g/mol. The second-order valence-corrected chi connectivity index (χ2v) is 5.90. The first-order valence-electron chi connectivity index (χ1n) is 7.70. The van der Waals surface area contributed by atoms with Crippen LogP contribution in [0.1, 0.15) is 23.2 Å². The minimum absolute atomic E-state index is 0.0469. The lowest BCUT2D eigenvalue weighted by molar-refractivity contribution is -0.121. The monoisotopic (exact) mass is 312 g/mol. The van der Waals surface area contributed by atoms with Crippen molar-refractivity contribution in [1.29, 1.82) is 0 Å². The van der Waals surface area contributed by atoms with E-state index in [-0.39, 0.29) is 18.4 Å². The SMILES string of the molecule is COc1cc2ccccc2cc1C(=O)N(C)CC(=O)NC1CC1. The fourth-order valence-electron chi connectivity index (χ4n) is 2.55. The van der Waals surface area contributed by atoms with Crippen LogP contribution in [0.5, 0.6) is 5.75 Å². The van der Waals surface area contributed by atoms with Crippen molar-refractivity contribution < 1.29 is 14.3 Å². The van der Waals surface area contributed by atoms with Crippen molar-refractivity contribution in [3.63, 3.8) is 0 Å². The molecule has 5 heteroatoms. The molecule has 0 aromatic heterocycles. The summed E-state index contributed by atoms with van der Waals surface area (Å²) in [6.07, 6.45) is 2.06. The first-order valence-corrected chi connectivity index (χ1v) is 7.70. The summed E-state index contributed by atoms with van der Waals surface area (Å²) >= 11 is 0. The highest BCUT2D eigenvalue weighted by Crippen LogP contribution is 2.27. The third-order valence-electron chi connectivity index (χ3n) is 3.97. The highest BCUT2D eigenvalue weighted by atomic mass is 16.5. The quantitative estimate of drug-likeness (QED) is 0.921. The van der Waals surface area contributed by atoms with E-state index in [1.807, 2.05) is 36.4 Å².